The summed E-state index contributed by atoms with van der Waals surface area (Å²) in [5.74, 6) is -0.489. The van der Waals surface area contributed by atoms with Gasteiger partial charge in [-0.25, -0.2) is 0 Å². The minimum Gasteiger partial charge on any atom is -0.506 e. The molecule has 0 unspecified atom stereocenters. The topological polar surface area (TPSA) is 73.1 Å². The van der Waals surface area contributed by atoms with Gasteiger partial charge in [0.05, 0.1) is 3.57 Å². The summed E-state index contributed by atoms with van der Waals surface area (Å²) in [5, 5.41) is 22.0. The van der Waals surface area contributed by atoms with E-state index < -0.39 is 5.91 Å². The van der Waals surface area contributed by atoms with Crippen LogP contribution in [-0.4, -0.2) is 11.0 Å². The summed E-state index contributed by atoms with van der Waals surface area (Å²) in [7, 11) is 0. The molecule has 116 valence electrons. The number of nitrogens with zero attached hydrogens (tertiary/aromatic N) is 1. The molecule has 2 aromatic rings. The van der Waals surface area contributed by atoms with E-state index in [2.05, 4.69) is 21.2 Å². The molecular formula is C17H12BrIN2O2. The van der Waals surface area contributed by atoms with Crippen molar-refractivity contribution in [2.45, 2.75) is 6.92 Å². The molecule has 2 N–H and O–H groups in total. The lowest BCUT2D eigenvalue weighted by Crippen LogP contribution is -2.13. The number of amides is 1. The predicted molar refractivity (Wildman–Crippen MR) is 102 cm³/mol. The van der Waals surface area contributed by atoms with Gasteiger partial charge in [0.2, 0.25) is 0 Å². The van der Waals surface area contributed by atoms with Crippen molar-refractivity contribution >= 4 is 56.2 Å². The van der Waals surface area contributed by atoms with E-state index in [1.807, 2.05) is 53.8 Å². The fraction of sp³-hybridized carbons (Fsp3) is 0.0588. The Hall–Kier alpha value is -1.85. The number of anilines is 1. The number of phenolic OH excluding ortho intramolecular Hbond substituents is 1. The highest BCUT2D eigenvalue weighted by molar-refractivity contribution is 14.1. The molecule has 0 saturated carbocycles. The Bertz CT molecular complexity index is 841. The Morgan fingerprint density at radius 1 is 1.39 bits per heavy atom. The van der Waals surface area contributed by atoms with Crippen molar-refractivity contribution in [3.05, 3.63) is 61.1 Å². The Kier molecular flexibility index (Phi) is 5.80. The lowest BCUT2D eigenvalue weighted by molar-refractivity contribution is -0.112. The first-order valence-corrected chi connectivity index (χ1v) is 8.45. The first kappa shape index (κ1) is 17.5. The van der Waals surface area contributed by atoms with Crippen molar-refractivity contribution in [2.75, 3.05) is 5.32 Å². The van der Waals surface area contributed by atoms with Gasteiger partial charge in [-0.05, 0) is 65.4 Å². The molecule has 0 aromatic heterocycles. The van der Waals surface area contributed by atoms with Gasteiger partial charge in [0.25, 0.3) is 5.91 Å². The summed E-state index contributed by atoms with van der Waals surface area (Å²) in [6, 6.07) is 12.6. The Labute approximate surface area is 156 Å². The number of aromatic hydroxyl groups is 1. The molecule has 0 spiro atoms. The highest BCUT2D eigenvalue weighted by Crippen LogP contribution is 2.30. The molecule has 2 rings (SSSR count). The molecule has 2 aromatic carbocycles. The minimum atomic E-state index is -0.521. The van der Waals surface area contributed by atoms with E-state index in [0.29, 0.717) is 14.8 Å². The van der Waals surface area contributed by atoms with E-state index in [0.717, 1.165) is 10.0 Å². The van der Waals surface area contributed by atoms with Crippen LogP contribution in [0.5, 0.6) is 5.75 Å². The van der Waals surface area contributed by atoms with Crippen LogP contribution in [0.15, 0.2) is 46.4 Å². The largest absolute Gasteiger partial charge is 0.506 e. The number of aryl methyl sites for hydroxylation is 1. The number of carbonyl (C=O) groups excluding carboxylic acids is 1. The summed E-state index contributed by atoms with van der Waals surface area (Å²) in [5.41, 5.74) is 1.93. The monoisotopic (exact) mass is 482 g/mol. The maximum Gasteiger partial charge on any atom is 0.266 e. The number of benzene rings is 2. The van der Waals surface area contributed by atoms with E-state index in [-0.39, 0.29) is 11.3 Å². The van der Waals surface area contributed by atoms with Crippen LogP contribution in [0.25, 0.3) is 6.08 Å². The zero-order chi connectivity index (χ0) is 17.0. The van der Waals surface area contributed by atoms with Crippen molar-refractivity contribution in [3.63, 3.8) is 0 Å². The van der Waals surface area contributed by atoms with E-state index in [9.17, 15) is 15.2 Å². The van der Waals surface area contributed by atoms with Crippen molar-refractivity contribution in [1.29, 1.82) is 5.26 Å². The predicted octanol–water partition coefficient (Wildman–Crippen LogP) is 4.61. The average molecular weight is 483 g/mol. The molecular weight excluding hydrogens is 471 g/mol. The van der Waals surface area contributed by atoms with Gasteiger partial charge in [-0.2, -0.15) is 5.26 Å². The third-order valence-corrected chi connectivity index (χ3v) is 4.28. The van der Waals surface area contributed by atoms with Gasteiger partial charge < -0.3 is 10.4 Å². The smallest absolute Gasteiger partial charge is 0.266 e. The first-order valence-electron chi connectivity index (χ1n) is 6.58. The minimum absolute atomic E-state index is 0.0323. The van der Waals surface area contributed by atoms with E-state index in [4.69, 9.17) is 0 Å². The second kappa shape index (κ2) is 7.62. The molecule has 4 nitrogen and oxygen atoms in total. The summed E-state index contributed by atoms with van der Waals surface area (Å²) in [6.45, 7) is 1.91. The zero-order valence-electron chi connectivity index (χ0n) is 12.1. The van der Waals surface area contributed by atoms with E-state index in [1.54, 1.807) is 18.2 Å². The quantitative estimate of drug-likeness (QED) is 0.381. The lowest BCUT2D eigenvalue weighted by atomic mass is 10.1. The van der Waals surface area contributed by atoms with Crippen molar-refractivity contribution in [1.82, 2.24) is 0 Å². The summed E-state index contributed by atoms with van der Waals surface area (Å²) < 4.78 is 1.38. The molecule has 0 saturated heterocycles. The standard InChI is InChI=1S/C17H12BrIN2O2/c1-10-3-2-4-14(5-10)21-17(23)12(9-20)6-11-7-13(18)8-15(19)16(11)22/h2-8,22H,1H3,(H,21,23)/b12-6+. The van der Waals surface area contributed by atoms with Crippen LogP contribution >= 0.6 is 38.5 Å². The van der Waals surface area contributed by atoms with Gasteiger partial charge in [0.15, 0.2) is 0 Å². The normalized spacial score (nSPS) is 11.0. The summed E-state index contributed by atoms with van der Waals surface area (Å²) in [6.07, 6.45) is 1.37. The van der Waals surface area contributed by atoms with Crippen LogP contribution in [0.2, 0.25) is 0 Å². The SMILES string of the molecule is Cc1cccc(NC(=O)/C(C#N)=C/c2cc(Br)cc(I)c2O)c1. The number of nitriles is 1. The number of phenols is 1. The lowest BCUT2D eigenvalue weighted by Gasteiger charge is -2.07. The number of hydrogen-bond acceptors (Lipinski definition) is 3. The molecule has 0 atom stereocenters. The zero-order valence-corrected chi connectivity index (χ0v) is 15.8. The van der Waals surface area contributed by atoms with Gasteiger partial charge in [-0.3, -0.25) is 4.79 Å². The number of hydrogen-bond donors (Lipinski definition) is 2. The van der Waals surface area contributed by atoms with Crippen LogP contribution in [0.1, 0.15) is 11.1 Å². The summed E-state index contributed by atoms with van der Waals surface area (Å²) in [4.78, 5) is 12.2. The molecule has 0 aliphatic carbocycles. The molecule has 0 radical (unpaired) electrons. The third-order valence-electron chi connectivity index (χ3n) is 3.00. The highest BCUT2D eigenvalue weighted by atomic mass is 127. The fourth-order valence-electron chi connectivity index (χ4n) is 1.92. The maximum atomic E-state index is 12.2. The third kappa shape index (κ3) is 4.56. The number of carbonyl (C=O) groups is 1. The van der Waals surface area contributed by atoms with Gasteiger partial charge >= 0.3 is 0 Å². The molecule has 0 aliphatic rings. The van der Waals surface area contributed by atoms with E-state index in [1.165, 1.54) is 6.08 Å². The van der Waals surface area contributed by atoms with Gasteiger partial charge in [-0.1, -0.05) is 28.1 Å². The maximum absolute atomic E-state index is 12.2. The van der Waals surface area contributed by atoms with Gasteiger partial charge in [0.1, 0.15) is 17.4 Å². The van der Waals surface area contributed by atoms with Crippen molar-refractivity contribution < 1.29 is 9.90 Å². The molecule has 0 fully saturated rings. The van der Waals surface area contributed by atoms with E-state index >= 15 is 0 Å². The van der Waals surface area contributed by atoms with Crippen LogP contribution in [-0.2, 0) is 4.79 Å². The van der Waals surface area contributed by atoms with Gasteiger partial charge in [-0.15, -0.1) is 0 Å². The van der Waals surface area contributed by atoms with Crippen LogP contribution in [0.4, 0.5) is 5.69 Å². The Morgan fingerprint density at radius 2 is 2.13 bits per heavy atom. The molecule has 0 aliphatic heterocycles. The number of nitrogens with one attached hydrogen (secondary N) is 1. The van der Waals surface area contributed by atoms with Crippen LogP contribution in [0, 0.1) is 21.8 Å². The number of rotatable bonds is 3. The molecule has 0 heterocycles. The van der Waals surface area contributed by atoms with Crippen LogP contribution < -0.4 is 5.32 Å². The van der Waals surface area contributed by atoms with Crippen molar-refractivity contribution in [2.24, 2.45) is 0 Å². The molecule has 23 heavy (non-hydrogen) atoms. The second-order valence-corrected chi connectivity index (χ2v) is 6.90. The number of halogens is 2. The molecule has 6 heteroatoms. The fourth-order valence-corrected chi connectivity index (χ4v) is 3.47. The molecule has 0 bridgehead atoms. The summed E-state index contributed by atoms with van der Waals surface area (Å²) >= 11 is 5.31. The first-order chi connectivity index (χ1) is 10.9. The molecule has 1 amide bonds. The Morgan fingerprint density at radius 3 is 2.78 bits per heavy atom. The average Bonchev–Trinajstić information content (AvgIpc) is 2.49. The Balaban J connectivity index is 2.32. The highest BCUT2D eigenvalue weighted by Gasteiger charge is 2.12. The second-order valence-electron chi connectivity index (χ2n) is 4.82. The van der Waals surface area contributed by atoms with Gasteiger partial charge in [0, 0.05) is 15.7 Å². The van der Waals surface area contributed by atoms with Crippen LogP contribution in [0.3, 0.4) is 0 Å². The van der Waals surface area contributed by atoms with Crippen molar-refractivity contribution in [3.8, 4) is 11.8 Å².